The van der Waals surface area contributed by atoms with Crippen molar-refractivity contribution < 1.29 is 14.1 Å². The van der Waals surface area contributed by atoms with E-state index >= 15 is 0 Å². The molecule has 142 valence electrons. The molecular formula is C22H21N3O3. The Kier molecular flexibility index (Phi) is 4.21. The van der Waals surface area contributed by atoms with Crippen molar-refractivity contribution in [1.29, 1.82) is 0 Å². The van der Waals surface area contributed by atoms with Crippen LogP contribution in [0.15, 0.2) is 79.4 Å². The van der Waals surface area contributed by atoms with Gasteiger partial charge in [0.15, 0.2) is 11.6 Å². The highest BCUT2D eigenvalue weighted by Gasteiger charge is 2.63. The Bertz CT molecular complexity index is 900. The van der Waals surface area contributed by atoms with Gasteiger partial charge < -0.3 is 19.3 Å². The van der Waals surface area contributed by atoms with E-state index in [2.05, 4.69) is 9.97 Å². The van der Waals surface area contributed by atoms with Crippen LogP contribution in [0.1, 0.15) is 22.9 Å². The van der Waals surface area contributed by atoms with Crippen molar-refractivity contribution in [3.05, 3.63) is 101 Å². The van der Waals surface area contributed by atoms with Crippen LogP contribution in [-0.4, -0.2) is 40.4 Å². The molecule has 2 saturated heterocycles. The lowest BCUT2D eigenvalue weighted by Gasteiger charge is -2.50. The molecule has 2 aromatic heterocycles. The van der Waals surface area contributed by atoms with Crippen LogP contribution in [0.2, 0.25) is 0 Å². The zero-order chi connectivity index (χ0) is 19.0. The maximum atomic E-state index is 14.3. The van der Waals surface area contributed by atoms with Gasteiger partial charge in [-0.15, -0.1) is 0 Å². The summed E-state index contributed by atoms with van der Waals surface area (Å²) in [7, 11) is 0. The standard InChI is InChI=1S/C22H21N3O3/c26-25-14-15-27-16-20(25)22(18-4-2-1-3-5-18,19-8-12-24-13-9-19)28-21(25)17-6-10-23-11-7-17/h1-13,20-21H,14-16H2/t20-,21-,22-,25-/m1/s1. The fraction of sp³-hybridized carbons (Fsp3) is 0.273. The van der Waals surface area contributed by atoms with E-state index in [0.717, 1.165) is 16.7 Å². The molecule has 0 aliphatic carbocycles. The van der Waals surface area contributed by atoms with Crippen LogP contribution in [0, 0.1) is 5.21 Å². The van der Waals surface area contributed by atoms with Crippen LogP contribution < -0.4 is 0 Å². The third-order valence-electron chi connectivity index (χ3n) is 5.86. The minimum absolute atomic E-state index is 0.336. The van der Waals surface area contributed by atoms with Crippen LogP contribution in [0.4, 0.5) is 0 Å². The summed E-state index contributed by atoms with van der Waals surface area (Å²) in [5.74, 6) is 0. The second-order valence-electron chi connectivity index (χ2n) is 7.26. The van der Waals surface area contributed by atoms with Crippen LogP contribution in [0.3, 0.4) is 0 Å². The number of benzene rings is 1. The second-order valence-corrected chi connectivity index (χ2v) is 7.26. The van der Waals surface area contributed by atoms with Crippen molar-refractivity contribution in [3.8, 4) is 0 Å². The van der Waals surface area contributed by atoms with Gasteiger partial charge >= 0.3 is 0 Å². The fourth-order valence-electron chi connectivity index (χ4n) is 4.56. The number of ether oxygens (including phenoxy) is 2. The Balaban J connectivity index is 1.75. The van der Waals surface area contributed by atoms with Gasteiger partial charge in [0.1, 0.15) is 13.2 Å². The van der Waals surface area contributed by atoms with E-state index in [1.807, 2.05) is 54.6 Å². The zero-order valence-corrected chi connectivity index (χ0v) is 15.3. The molecule has 0 spiro atoms. The average molecular weight is 375 g/mol. The molecule has 4 heterocycles. The highest BCUT2D eigenvalue weighted by atomic mass is 16.7. The quantitative estimate of drug-likeness (QED) is 0.520. The second kappa shape index (κ2) is 6.76. The summed E-state index contributed by atoms with van der Waals surface area (Å²) in [5, 5.41) is 14.3. The maximum absolute atomic E-state index is 14.3. The molecule has 0 unspecified atom stereocenters. The molecular weight excluding hydrogens is 354 g/mol. The number of morpholine rings is 1. The third-order valence-corrected chi connectivity index (χ3v) is 5.86. The number of aromatic nitrogens is 2. The van der Waals surface area contributed by atoms with Gasteiger partial charge in [-0.05, 0) is 35.4 Å². The molecule has 0 bridgehead atoms. The lowest BCUT2D eigenvalue weighted by atomic mass is 9.80. The van der Waals surface area contributed by atoms with E-state index in [0.29, 0.717) is 19.8 Å². The number of rotatable bonds is 3. The Morgan fingerprint density at radius 3 is 2.25 bits per heavy atom. The molecule has 6 nitrogen and oxygen atoms in total. The van der Waals surface area contributed by atoms with Gasteiger partial charge in [-0.3, -0.25) is 9.97 Å². The first-order valence-electron chi connectivity index (χ1n) is 9.45. The Morgan fingerprint density at radius 1 is 0.893 bits per heavy atom. The number of quaternary nitrogens is 1. The maximum Gasteiger partial charge on any atom is 0.222 e. The normalized spacial score (nSPS) is 32.0. The van der Waals surface area contributed by atoms with Crippen molar-refractivity contribution in [2.75, 3.05) is 19.8 Å². The van der Waals surface area contributed by atoms with Gasteiger partial charge in [0.05, 0.1) is 6.61 Å². The number of fused-ring (bicyclic) bond motifs is 1. The first kappa shape index (κ1) is 17.5. The van der Waals surface area contributed by atoms with Crippen molar-refractivity contribution >= 4 is 0 Å². The summed E-state index contributed by atoms with van der Waals surface area (Å²) >= 11 is 0. The van der Waals surface area contributed by atoms with Crippen molar-refractivity contribution in [1.82, 2.24) is 9.97 Å². The largest absolute Gasteiger partial charge is 0.630 e. The highest BCUT2D eigenvalue weighted by molar-refractivity contribution is 5.39. The van der Waals surface area contributed by atoms with E-state index in [-0.39, 0.29) is 0 Å². The molecule has 4 atom stereocenters. The van der Waals surface area contributed by atoms with Crippen molar-refractivity contribution in [2.24, 2.45) is 0 Å². The van der Waals surface area contributed by atoms with Crippen LogP contribution in [0.5, 0.6) is 0 Å². The van der Waals surface area contributed by atoms with Crippen molar-refractivity contribution in [3.63, 3.8) is 0 Å². The van der Waals surface area contributed by atoms with E-state index in [1.165, 1.54) is 0 Å². The summed E-state index contributed by atoms with van der Waals surface area (Å²) in [5.41, 5.74) is 1.79. The van der Waals surface area contributed by atoms with Gasteiger partial charge in [0.2, 0.25) is 6.23 Å². The van der Waals surface area contributed by atoms with E-state index in [1.54, 1.807) is 24.8 Å². The molecule has 2 fully saturated rings. The van der Waals surface area contributed by atoms with E-state index in [4.69, 9.17) is 9.47 Å². The molecule has 0 amide bonds. The third kappa shape index (κ3) is 2.50. The Hall–Kier alpha value is -2.64. The van der Waals surface area contributed by atoms with E-state index < -0.39 is 22.5 Å². The van der Waals surface area contributed by atoms with Gasteiger partial charge in [0.25, 0.3) is 0 Å². The highest BCUT2D eigenvalue weighted by Crippen LogP contribution is 2.55. The van der Waals surface area contributed by atoms with Gasteiger partial charge in [-0.2, -0.15) is 0 Å². The first-order valence-corrected chi connectivity index (χ1v) is 9.45. The minimum Gasteiger partial charge on any atom is -0.630 e. The van der Waals surface area contributed by atoms with Crippen LogP contribution in [-0.2, 0) is 15.1 Å². The zero-order valence-electron chi connectivity index (χ0n) is 15.3. The van der Waals surface area contributed by atoms with Crippen LogP contribution in [0.25, 0.3) is 0 Å². The summed E-state index contributed by atoms with van der Waals surface area (Å²) in [4.78, 5) is 8.26. The van der Waals surface area contributed by atoms with Gasteiger partial charge in [-0.25, -0.2) is 0 Å². The molecule has 2 aliphatic rings. The summed E-state index contributed by atoms with van der Waals surface area (Å²) in [6.45, 7) is 1.10. The lowest BCUT2D eigenvalue weighted by molar-refractivity contribution is -0.940. The predicted molar refractivity (Wildman–Crippen MR) is 103 cm³/mol. The minimum atomic E-state index is -0.916. The molecule has 6 heteroatoms. The Morgan fingerprint density at radius 2 is 1.54 bits per heavy atom. The SMILES string of the molecule is [O-][N@+]12CCOC[C@@H]1[C@@](c1ccccc1)(c1ccncc1)O[C@@H]2c1ccncc1. The molecule has 28 heavy (non-hydrogen) atoms. The molecule has 0 saturated carbocycles. The van der Waals surface area contributed by atoms with Gasteiger partial charge in [-0.1, -0.05) is 30.3 Å². The smallest absolute Gasteiger partial charge is 0.222 e. The van der Waals surface area contributed by atoms with Crippen molar-refractivity contribution in [2.45, 2.75) is 17.9 Å². The molecule has 1 aromatic carbocycles. The molecule has 2 aliphatic heterocycles. The monoisotopic (exact) mass is 375 g/mol. The summed E-state index contributed by atoms with van der Waals surface area (Å²) in [6.07, 6.45) is 6.24. The topological polar surface area (TPSA) is 67.3 Å². The van der Waals surface area contributed by atoms with Crippen LogP contribution >= 0.6 is 0 Å². The molecule has 5 rings (SSSR count). The number of pyridine rings is 2. The number of hydrogen-bond donors (Lipinski definition) is 0. The molecule has 0 N–H and O–H groups in total. The summed E-state index contributed by atoms with van der Waals surface area (Å²) < 4.78 is 12.1. The van der Waals surface area contributed by atoms with Gasteiger partial charge in [0, 0.05) is 30.4 Å². The number of hydrogen-bond acceptors (Lipinski definition) is 5. The first-order chi connectivity index (χ1) is 13.7. The average Bonchev–Trinajstić information content (AvgIpc) is 3.06. The molecule has 3 aromatic rings. The number of nitrogens with zero attached hydrogens (tertiary/aromatic N) is 3. The lowest BCUT2D eigenvalue weighted by Crippen LogP contribution is -2.60. The van der Waals surface area contributed by atoms with E-state index in [9.17, 15) is 5.21 Å². The molecule has 0 radical (unpaired) electrons. The fourth-order valence-corrected chi connectivity index (χ4v) is 4.56. The Labute approximate surface area is 163 Å². The number of hydroxylamine groups is 3. The predicted octanol–water partition coefficient (Wildman–Crippen LogP) is 3.16. The summed E-state index contributed by atoms with van der Waals surface area (Å²) in [6, 6.07) is 17.1.